The summed E-state index contributed by atoms with van der Waals surface area (Å²) < 4.78 is 47.7. The van der Waals surface area contributed by atoms with Gasteiger partial charge < -0.3 is 9.64 Å². The SMILES string of the molecule is CC(C)(C)OC(=O)N1CCC2=Cc3c(cnn3-c3ccc(Cl)cc3)C[C@]2(C(=O)c2cc(C(F)(F)F)ccn2)C1. The van der Waals surface area contributed by atoms with Crippen LogP contribution in [0.15, 0.2) is 54.4 Å². The Labute approximate surface area is 228 Å². The van der Waals surface area contributed by atoms with E-state index >= 15 is 0 Å². The van der Waals surface area contributed by atoms with Crippen molar-refractivity contribution < 1.29 is 27.5 Å². The number of halogens is 4. The van der Waals surface area contributed by atoms with Gasteiger partial charge in [0.15, 0.2) is 5.78 Å². The Morgan fingerprint density at radius 3 is 2.49 bits per heavy atom. The van der Waals surface area contributed by atoms with Gasteiger partial charge in [-0.25, -0.2) is 9.48 Å². The maximum absolute atomic E-state index is 14.1. The fourth-order valence-corrected chi connectivity index (χ4v) is 5.22. The summed E-state index contributed by atoms with van der Waals surface area (Å²) >= 11 is 6.04. The molecule has 0 saturated carbocycles. The third-order valence-electron chi connectivity index (χ3n) is 6.89. The van der Waals surface area contributed by atoms with Crippen LogP contribution in [0.4, 0.5) is 18.0 Å². The zero-order valence-electron chi connectivity index (χ0n) is 21.6. The fourth-order valence-electron chi connectivity index (χ4n) is 5.10. The third-order valence-corrected chi connectivity index (χ3v) is 7.15. The first kappa shape index (κ1) is 26.9. The number of aromatic nitrogens is 3. The second-order valence-corrected chi connectivity index (χ2v) is 11.2. The van der Waals surface area contributed by atoms with Crippen molar-refractivity contribution in [1.82, 2.24) is 19.7 Å². The molecule has 11 heteroatoms. The topological polar surface area (TPSA) is 77.3 Å². The van der Waals surface area contributed by atoms with Gasteiger partial charge in [0.1, 0.15) is 11.3 Å². The predicted molar refractivity (Wildman–Crippen MR) is 139 cm³/mol. The summed E-state index contributed by atoms with van der Waals surface area (Å²) in [6.07, 6.45) is -0.280. The highest BCUT2D eigenvalue weighted by Gasteiger charge is 2.51. The van der Waals surface area contributed by atoms with Crippen molar-refractivity contribution in [3.05, 3.63) is 81.9 Å². The molecule has 0 N–H and O–H groups in total. The molecule has 0 bridgehead atoms. The molecule has 1 fully saturated rings. The molecule has 2 aliphatic rings. The van der Waals surface area contributed by atoms with Gasteiger partial charge in [0.25, 0.3) is 0 Å². The van der Waals surface area contributed by atoms with Crippen LogP contribution in [0.1, 0.15) is 54.5 Å². The molecule has 1 amide bonds. The number of fused-ring (bicyclic) bond motifs is 2. The van der Waals surface area contributed by atoms with Crippen LogP contribution >= 0.6 is 11.6 Å². The number of hydrogen-bond acceptors (Lipinski definition) is 5. The molecule has 5 rings (SSSR count). The van der Waals surface area contributed by atoms with Crippen molar-refractivity contribution in [2.24, 2.45) is 5.41 Å². The first-order valence-corrected chi connectivity index (χ1v) is 12.7. The van der Waals surface area contributed by atoms with Crippen molar-refractivity contribution in [3.8, 4) is 5.69 Å². The van der Waals surface area contributed by atoms with Crippen LogP contribution in [0.2, 0.25) is 5.02 Å². The smallest absolute Gasteiger partial charge is 0.416 e. The molecular formula is C28H26ClF3N4O3. The minimum absolute atomic E-state index is 0.0595. The molecule has 0 spiro atoms. The molecule has 1 aliphatic carbocycles. The van der Waals surface area contributed by atoms with Crippen LogP contribution in [0.25, 0.3) is 11.8 Å². The Balaban J connectivity index is 1.59. The Morgan fingerprint density at radius 2 is 1.82 bits per heavy atom. The summed E-state index contributed by atoms with van der Waals surface area (Å²) in [6, 6.07) is 8.72. The number of carbonyl (C=O) groups is 2. The third kappa shape index (κ3) is 5.17. The minimum atomic E-state index is -4.64. The fraction of sp³-hybridized carbons (Fsp3) is 0.357. The molecule has 0 unspecified atom stereocenters. The van der Waals surface area contributed by atoms with Crippen LogP contribution in [0.3, 0.4) is 0 Å². The van der Waals surface area contributed by atoms with Crippen LogP contribution in [-0.2, 0) is 17.3 Å². The summed E-state index contributed by atoms with van der Waals surface area (Å²) in [4.78, 5) is 32.6. The van der Waals surface area contributed by atoms with Gasteiger partial charge >= 0.3 is 12.3 Å². The zero-order chi connectivity index (χ0) is 28.2. The van der Waals surface area contributed by atoms with Crippen LogP contribution in [0.5, 0.6) is 0 Å². The highest BCUT2D eigenvalue weighted by Crippen LogP contribution is 2.46. The van der Waals surface area contributed by atoms with Gasteiger partial charge in [0.05, 0.1) is 28.6 Å². The van der Waals surface area contributed by atoms with E-state index in [0.717, 1.165) is 35.3 Å². The van der Waals surface area contributed by atoms with E-state index in [1.54, 1.807) is 43.8 Å². The van der Waals surface area contributed by atoms with E-state index < -0.39 is 34.6 Å². The lowest BCUT2D eigenvalue weighted by Gasteiger charge is -2.45. The molecule has 3 heterocycles. The molecule has 0 radical (unpaired) electrons. The lowest BCUT2D eigenvalue weighted by Crippen LogP contribution is -2.54. The monoisotopic (exact) mass is 558 g/mol. The summed E-state index contributed by atoms with van der Waals surface area (Å²) in [5.41, 5.74) is -0.403. The summed E-state index contributed by atoms with van der Waals surface area (Å²) in [5.74, 6) is -0.585. The second kappa shape index (κ2) is 9.51. The Morgan fingerprint density at radius 1 is 1.10 bits per heavy atom. The number of rotatable bonds is 3. The maximum atomic E-state index is 14.1. The Bertz CT molecular complexity index is 1470. The van der Waals surface area contributed by atoms with Gasteiger partial charge in [-0.15, -0.1) is 0 Å². The number of amides is 1. The van der Waals surface area contributed by atoms with E-state index in [9.17, 15) is 22.8 Å². The molecule has 3 aromatic rings. The van der Waals surface area contributed by atoms with Crippen molar-refractivity contribution in [2.45, 2.75) is 45.4 Å². The molecule has 7 nitrogen and oxygen atoms in total. The highest BCUT2D eigenvalue weighted by molar-refractivity contribution is 6.30. The number of likely N-dealkylation sites (tertiary alicyclic amines) is 1. The quantitative estimate of drug-likeness (QED) is 0.348. The van der Waals surface area contributed by atoms with Crippen molar-refractivity contribution in [1.29, 1.82) is 0 Å². The lowest BCUT2D eigenvalue weighted by atomic mass is 9.65. The number of alkyl halides is 3. The molecule has 39 heavy (non-hydrogen) atoms. The molecule has 1 aromatic carbocycles. The molecule has 1 saturated heterocycles. The second-order valence-electron chi connectivity index (χ2n) is 10.8. The number of Topliss-reactive ketones (excluding diaryl/α,β-unsaturated/α-hetero) is 1. The van der Waals surface area contributed by atoms with Crippen LogP contribution in [-0.4, -0.2) is 50.2 Å². The van der Waals surface area contributed by atoms with Gasteiger partial charge in [0.2, 0.25) is 0 Å². The number of ketones is 1. The van der Waals surface area contributed by atoms with Crippen molar-refractivity contribution >= 4 is 29.6 Å². The van der Waals surface area contributed by atoms with E-state index in [0.29, 0.717) is 17.0 Å². The van der Waals surface area contributed by atoms with E-state index in [4.69, 9.17) is 16.3 Å². The number of hydrogen-bond donors (Lipinski definition) is 0. The summed E-state index contributed by atoms with van der Waals surface area (Å²) in [7, 11) is 0. The van der Waals surface area contributed by atoms with E-state index in [1.807, 2.05) is 18.2 Å². The predicted octanol–water partition coefficient (Wildman–Crippen LogP) is 6.39. The van der Waals surface area contributed by atoms with E-state index in [-0.39, 0.29) is 25.2 Å². The standard InChI is InChI=1S/C28H26ClF3N4O3/c1-26(2,3)39-25(38)35-11-9-18-13-23-17(15-34-36(23)21-6-4-20(29)5-7-21)14-27(18,16-35)24(37)22-12-19(8-10-33-22)28(30,31)32/h4-8,10,12-13,15H,9,11,14,16H2,1-3H3/t27-/m0/s1. The highest BCUT2D eigenvalue weighted by atomic mass is 35.5. The number of carbonyl (C=O) groups excluding carboxylic acids is 2. The minimum Gasteiger partial charge on any atom is -0.444 e. The van der Waals surface area contributed by atoms with Gasteiger partial charge in [-0.05, 0) is 81.7 Å². The summed E-state index contributed by atoms with van der Waals surface area (Å²) in [5, 5.41) is 5.09. The Hall–Kier alpha value is -3.66. The molecule has 1 aliphatic heterocycles. The molecule has 204 valence electrons. The molecule has 1 atom stereocenters. The number of pyridine rings is 1. The number of piperidine rings is 1. The first-order chi connectivity index (χ1) is 18.3. The largest absolute Gasteiger partial charge is 0.444 e. The number of ether oxygens (including phenoxy) is 1. The van der Waals surface area contributed by atoms with Gasteiger partial charge in [-0.3, -0.25) is 9.78 Å². The average Bonchev–Trinajstić information content (AvgIpc) is 3.27. The van der Waals surface area contributed by atoms with Gasteiger partial charge in [-0.2, -0.15) is 18.3 Å². The first-order valence-electron chi connectivity index (χ1n) is 12.4. The summed E-state index contributed by atoms with van der Waals surface area (Å²) in [6.45, 7) is 5.45. The van der Waals surface area contributed by atoms with Gasteiger partial charge in [0, 0.05) is 24.3 Å². The Kier molecular flexibility index (Phi) is 6.57. The molecule has 2 aromatic heterocycles. The maximum Gasteiger partial charge on any atom is 0.416 e. The van der Waals surface area contributed by atoms with Crippen molar-refractivity contribution in [3.63, 3.8) is 0 Å². The van der Waals surface area contributed by atoms with Crippen molar-refractivity contribution in [2.75, 3.05) is 13.1 Å². The zero-order valence-corrected chi connectivity index (χ0v) is 22.3. The van der Waals surface area contributed by atoms with Crippen LogP contribution < -0.4 is 0 Å². The molecular weight excluding hydrogens is 533 g/mol. The average molecular weight is 559 g/mol. The van der Waals surface area contributed by atoms with Gasteiger partial charge in [-0.1, -0.05) is 17.2 Å². The number of benzene rings is 1. The van der Waals surface area contributed by atoms with E-state index in [1.165, 1.54) is 4.90 Å². The van der Waals surface area contributed by atoms with Crippen LogP contribution in [0, 0.1) is 5.41 Å². The number of nitrogens with zero attached hydrogens (tertiary/aromatic N) is 4. The van der Waals surface area contributed by atoms with E-state index in [2.05, 4.69) is 10.1 Å². The normalized spacial score (nSPS) is 19.2. The lowest BCUT2D eigenvalue weighted by molar-refractivity contribution is -0.137.